The molecule has 0 aromatic heterocycles. The zero-order chi connectivity index (χ0) is 18.0. The van der Waals surface area contributed by atoms with Crippen molar-refractivity contribution in [2.75, 3.05) is 22.7 Å². The summed E-state index contributed by atoms with van der Waals surface area (Å²) in [4.78, 5) is 1.55. The Morgan fingerprint density at radius 1 is 1.04 bits per heavy atom. The van der Waals surface area contributed by atoms with Crippen molar-refractivity contribution in [1.82, 2.24) is 0 Å². The second kappa shape index (κ2) is 7.00. The fourth-order valence-electron chi connectivity index (χ4n) is 2.90. The Morgan fingerprint density at radius 2 is 1.68 bits per heavy atom. The molecule has 3 rings (SSSR count). The van der Waals surface area contributed by atoms with Crippen LogP contribution in [0.1, 0.15) is 19.8 Å². The third-order valence-electron chi connectivity index (χ3n) is 4.45. The molecule has 0 amide bonds. The smallest absolute Gasteiger partial charge is 0.264 e. The fourth-order valence-corrected chi connectivity index (χ4v) is 4.05. The quantitative estimate of drug-likeness (QED) is 0.890. The van der Waals surface area contributed by atoms with Crippen LogP contribution in [0.2, 0.25) is 0 Å². The Morgan fingerprint density at radius 3 is 2.32 bits per heavy atom. The minimum atomic E-state index is -4.19. The van der Waals surface area contributed by atoms with Gasteiger partial charge in [0.05, 0.1) is 0 Å². The van der Waals surface area contributed by atoms with Crippen molar-refractivity contribution in [2.45, 2.75) is 24.7 Å². The van der Waals surface area contributed by atoms with Gasteiger partial charge >= 0.3 is 0 Å². The van der Waals surface area contributed by atoms with Crippen LogP contribution < -0.4 is 9.62 Å². The lowest BCUT2D eigenvalue weighted by Crippen LogP contribution is -2.32. The SMILES string of the molecule is CC1CCN(c2ccc(NS(=O)(=O)c3cc(F)ccc3F)cc2)CC1. The average Bonchev–Trinajstić information content (AvgIpc) is 2.58. The van der Waals surface area contributed by atoms with Crippen LogP contribution in [0.15, 0.2) is 47.4 Å². The lowest BCUT2D eigenvalue weighted by atomic mass is 9.99. The Kier molecular flexibility index (Phi) is 4.94. The number of nitrogens with one attached hydrogen (secondary N) is 1. The highest BCUT2D eigenvalue weighted by Crippen LogP contribution is 2.25. The van der Waals surface area contributed by atoms with Crippen LogP contribution in [0.25, 0.3) is 0 Å². The van der Waals surface area contributed by atoms with Gasteiger partial charge in [0.2, 0.25) is 0 Å². The predicted octanol–water partition coefficient (Wildman–Crippen LogP) is 4.00. The van der Waals surface area contributed by atoms with Gasteiger partial charge in [0.15, 0.2) is 0 Å². The maximum atomic E-state index is 13.7. The molecule has 0 spiro atoms. The standard InChI is InChI=1S/C18H20F2N2O2S/c1-13-8-10-22(11-9-13)16-5-3-15(4-6-16)21-25(23,24)18-12-14(19)2-7-17(18)20/h2-7,12-13,21H,8-11H2,1H3. The van der Waals surface area contributed by atoms with E-state index < -0.39 is 26.6 Å². The number of nitrogens with zero attached hydrogens (tertiary/aromatic N) is 1. The number of rotatable bonds is 4. The van der Waals surface area contributed by atoms with Crippen LogP contribution >= 0.6 is 0 Å². The molecule has 4 nitrogen and oxygen atoms in total. The number of piperidine rings is 1. The number of benzene rings is 2. The van der Waals surface area contributed by atoms with Crippen molar-refractivity contribution in [1.29, 1.82) is 0 Å². The van der Waals surface area contributed by atoms with E-state index in [1.54, 1.807) is 12.1 Å². The number of hydrogen-bond acceptors (Lipinski definition) is 3. The molecule has 2 aromatic rings. The summed E-state index contributed by atoms with van der Waals surface area (Å²) in [6, 6.07) is 9.25. The number of hydrogen-bond donors (Lipinski definition) is 1. The van der Waals surface area contributed by atoms with Crippen LogP contribution in [-0.2, 0) is 10.0 Å². The Balaban J connectivity index is 1.75. The van der Waals surface area contributed by atoms with Crippen molar-refractivity contribution in [3.8, 4) is 0 Å². The third kappa shape index (κ3) is 4.10. The highest BCUT2D eigenvalue weighted by Gasteiger charge is 2.20. The van der Waals surface area contributed by atoms with Crippen LogP contribution in [0, 0.1) is 17.6 Å². The minimum Gasteiger partial charge on any atom is -0.372 e. The molecule has 25 heavy (non-hydrogen) atoms. The molecule has 0 saturated carbocycles. The number of halogens is 2. The molecule has 134 valence electrons. The van der Waals surface area contributed by atoms with E-state index >= 15 is 0 Å². The molecule has 1 saturated heterocycles. The summed E-state index contributed by atoms with van der Waals surface area (Å²) in [7, 11) is -4.19. The Labute approximate surface area is 146 Å². The lowest BCUT2D eigenvalue weighted by Gasteiger charge is -2.32. The first-order valence-electron chi connectivity index (χ1n) is 8.18. The van der Waals surface area contributed by atoms with E-state index in [2.05, 4.69) is 16.5 Å². The number of anilines is 2. The monoisotopic (exact) mass is 366 g/mol. The summed E-state index contributed by atoms with van der Waals surface area (Å²) in [6.45, 7) is 4.18. The Hall–Kier alpha value is -2.15. The first-order valence-corrected chi connectivity index (χ1v) is 9.66. The lowest BCUT2D eigenvalue weighted by molar-refractivity contribution is 0.438. The van der Waals surface area contributed by atoms with Gasteiger partial charge in [0.25, 0.3) is 10.0 Å². The van der Waals surface area contributed by atoms with Gasteiger partial charge in [-0.25, -0.2) is 17.2 Å². The molecule has 0 atom stereocenters. The average molecular weight is 366 g/mol. The topological polar surface area (TPSA) is 49.4 Å². The van der Waals surface area contributed by atoms with Crippen molar-refractivity contribution < 1.29 is 17.2 Å². The largest absolute Gasteiger partial charge is 0.372 e. The molecule has 0 unspecified atom stereocenters. The van der Waals surface area contributed by atoms with E-state index in [0.29, 0.717) is 11.8 Å². The maximum Gasteiger partial charge on any atom is 0.264 e. The fraction of sp³-hybridized carbons (Fsp3) is 0.333. The second-order valence-electron chi connectivity index (χ2n) is 6.40. The van der Waals surface area contributed by atoms with Gasteiger partial charge in [0, 0.05) is 24.5 Å². The Bertz CT molecular complexity index is 846. The highest BCUT2D eigenvalue weighted by molar-refractivity contribution is 7.92. The normalized spacial score (nSPS) is 16.0. The van der Waals surface area contributed by atoms with Crippen molar-refractivity contribution >= 4 is 21.4 Å². The molecule has 0 radical (unpaired) electrons. The van der Waals surface area contributed by atoms with Crippen LogP contribution in [-0.4, -0.2) is 21.5 Å². The van der Waals surface area contributed by atoms with E-state index in [1.807, 2.05) is 12.1 Å². The molecule has 0 aliphatic carbocycles. The van der Waals surface area contributed by atoms with Gasteiger partial charge in [0.1, 0.15) is 16.5 Å². The van der Waals surface area contributed by atoms with E-state index in [-0.39, 0.29) is 0 Å². The van der Waals surface area contributed by atoms with Crippen LogP contribution in [0.4, 0.5) is 20.2 Å². The molecule has 1 heterocycles. The molecule has 2 aromatic carbocycles. The van der Waals surface area contributed by atoms with Crippen molar-refractivity contribution in [2.24, 2.45) is 5.92 Å². The summed E-state index contributed by atoms with van der Waals surface area (Å²) in [5, 5.41) is 0. The molecule has 0 bridgehead atoms. The first kappa shape index (κ1) is 17.7. The molecule has 1 fully saturated rings. The van der Waals surface area contributed by atoms with Gasteiger partial charge < -0.3 is 4.90 Å². The second-order valence-corrected chi connectivity index (χ2v) is 8.05. The van der Waals surface area contributed by atoms with Crippen LogP contribution in [0.5, 0.6) is 0 Å². The zero-order valence-electron chi connectivity index (χ0n) is 13.9. The van der Waals surface area contributed by atoms with Gasteiger partial charge in [-0.15, -0.1) is 0 Å². The van der Waals surface area contributed by atoms with Crippen LogP contribution in [0.3, 0.4) is 0 Å². The summed E-state index contributed by atoms with van der Waals surface area (Å²) < 4.78 is 53.8. The molecule has 1 aliphatic heterocycles. The first-order chi connectivity index (χ1) is 11.8. The minimum absolute atomic E-state index is 0.304. The predicted molar refractivity (Wildman–Crippen MR) is 94.2 cm³/mol. The summed E-state index contributed by atoms with van der Waals surface area (Å²) in [5.41, 5.74) is 1.32. The molecule has 1 aliphatic rings. The molecule has 1 N–H and O–H groups in total. The summed E-state index contributed by atoms with van der Waals surface area (Å²) in [5.74, 6) is -1.08. The van der Waals surface area contributed by atoms with Gasteiger partial charge in [-0.3, -0.25) is 4.72 Å². The summed E-state index contributed by atoms with van der Waals surface area (Å²) in [6.07, 6.45) is 2.26. The maximum absolute atomic E-state index is 13.7. The van der Waals surface area contributed by atoms with Crippen molar-refractivity contribution in [3.63, 3.8) is 0 Å². The van der Waals surface area contributed by atoms with Gasteiger partial charge in [-0.1, -0.05) is 6.92 Å². The van der Waals surface area contributed by atoms with E-state index in [4.69, 9.17) is 0 Å². The molecule has 7 heteroatoms. The molecular weight excluding hydrogens is 346 g/mol. The third-order valence-corrected chi connectivity index (χ3v) is 5.85. The highest BCUT2D eigenvalue weighted by atomic mass is 32.2. The van der Waals surface area contributed by atoms with Crippen molar-refractivity contribution in [3.05, 3.63) is 54.1 Å². The zero-order valence-corrected chi connectivity index (χ0v) is 14.7. The van der Waals surface area contributed by atoms with E-state index in [9.17, 15) is 17.2 Å². The molecular formula is C18H20F2N2O2S. The van der Waals surface area contributed by atoms with E-state index in [1.165, 1.54) is 0 Å². The number of sulfonamides is 1. The summed E-state index contributed by atoms with van der Waals surface area (Å²) >= 11 is 0. The van der Waals surface area contributed by atoms with Gasteiger partial charge in [-0.05, 0) is 61.2 Å². The van der Waals surface area contributed by atoms with E-state index in [0.717, 1.165) is 49.7 Å². The van der Waals surface area contributed by atoms with Gasteiger partial charge in [-0.2, -0.15) is 0 Å².